The molecule has 0 aliphatic carbocycles. The standard InChI is InChI=1S/C16H23N3/c1-3-4-8-14(2)17-11-15-12-18-19(13-15)16-9-6-5-7-10-16/h5-7,9-10,12-14,17H,3-4,8,11H2,1-2H3. The topological polar surface area (TPSA) is 29.9 Å². The van der Waals surface area contributed by atoms with Gasteiger partial charge in [0, 0.05) is 24.3 Å². The number of benzene rings is 1. The first-order valence-corrected chi connectivity index (χ1v) is 7.12. The molecule has 0 spiro atoms. The van der Waals surface area contributed by atoms with Crippen LogP contribution in [0.1, 0.15) is 38.7 Å². The maximum atomic E-state index is 4.40. The molecular formula is C16H23N3. The van der Waals surface area contributed by atoms with E-state index in [0.29, 0.717) is 6.04 Å². The lowest BCUT2D eigenvalue weighted by atomic mass is 10.1. The molecule has 1 N–H and O–H groups in total. The summed E-state index contributed by atoms with van der Waals surface area (Å²) in [5.41, 5.74) is 2.33. The van der Waals surface area contributed by atoms with Gasteiger partial charge in [0.05, 0.1) is 11.9 Å². The summed E-state index contributed by atoms with van der Waals surface area (Å²) in [4.78, 5) is 0. The summed E-state index contributed by atoms with van der Waals surface area (Å²) in [5.74, 6) is 0. The lowest BCUT2D eigenvalue weighted by Crippen LogP contribution is -2.25. The van der Waals surface area contributed by atoms with Crippen LogP contribution < -0.4 is 5.32 Å². The molecule has 1 unspecified atom stereocenters. The third-order valence-corrected chi connectivity index (χ3v) is 3.30. The van der Waals surface area contributed by atoms with Gasteiger partial charge >= 0.3 is 0 Å². The van der Waals surface area contributed by atoms with Gasteiger partial charge in [0.25, 0.3) is 0 Å². The van der Waals surface area contributed by atoms with Crippen LogP contribution in [0.5, 0.6) is 0 Å². The van der Waals surface area contributed by atoms with E-state index in [1.54, 1.807) is 0 Å². The van der Waals surface area contributed by atoms with Crippen LogP contribution in [-0.4, -0.2) is 15.8 Å². The van der Waals surface area contributed by atoms with Crippen molar-refractivity contribution in [1.29, 1.82) is 0 Å². The summed E-state index contributed by atoms with van der Waals surface area (Å²) in [6.07, 6.45) is 7.82. The van der Waals surface area contributed by atoms with Crippen molar-refractivity contribution in [3.05, 3.63) is 48.3 Å². The molecule has 1 heterocycles. The van der Waals surface area contributed by atoms with Crippen LogP contribution in [0.4, 0.5) is 0 Å². The minimum atomic E-state index is 0.569. The van der Waals surface area contributed by atoms with Crippen molar-refractivity contribution >= 4 is 0 Å². The molecule has 3 nitrogen and oxygen atoms in total. The number of unbranched alkanes of at least 4 members (excludes halogenated alkanes) is 1. The van der Waals surface area contributed by atoms with E-state index in [1.807, 2.05) is 29.1 Å². The lowest BCUT2D eigenvalue weighted by molar-refractivity contribution is 0.495. The Labute approximate surface area is 115 Å². The van der Waals surface area contributed by atoms with Crippen molar-refractivity contribution < 1.29 is 0 Å². The van der Waals surface area contributed by atoms with E-state index in [1.165, 1.54) is 24.8 Å². The number of hydrogen-bond acceptors (Lipinski definition) is 2. The quantitative estimate of drug-likeness (QED) is 0.822. The average Bonchev–Trinajstić information content (AvgIpc) is 2.93. The third-order valence-electron chi connectivity index (χ3n) is 3.30. The number of rotatable bonds is 7. The Balaban J connectivity index is 1.88. The Kier molecular flexibility index (Phi) is 5.16. The monoisotopic (exact) mass is 257 g/mol. The Morgan fingerprint density at radius 1 is 1.26 bits per heavy atom. The van der Waals surface area contributed by atoms with Gasteiger partial charge in [-0.25, -0.2) is 4.68 Å². The molecule has 2 rings (SSSR count). The van der Waals surface area contributed by atoms with Crippen LogP contribution >= 0.6 is 0 Å². The first-order valence-electron chi connectivity index (χ1n) is 7.12. The Hall–Kier alpha value is -1.61. The molecule has 0 radical (unpaired) electrons. The molecule has 2 aromatic rings. The van der Waals surface area contributed by atoms with Gasteiger partial charge in [-0.1, -0.05) is 38.0 Å². The maximum absolute atomic E-state index is 4.40. The van der Waals surface area contributed by atoms with Crippen molar-refractivity contribution in [2.75, 3.05) is 0 Å². The Morgan fingerprint density at radius 3 is 2.79 bits per heavy atom. The van der Waals surface area contributed by atoms with Crippen LogP contribution in [0.15, 0.2) is 42.7 Å². The highest BCUT2D eigenvalue weighted by atomic mass is 15.3. The van der Waals surface area contributed by atoms with E-state index < -0.39 is 0 Å². The number of nitrogens with one attached hydrogen (secondary N) is 1. The molecule has 0 bridgehead atoms. The second-order valence-corrected chi connectivity index (χ2v) is 5.05. The molecule has 0 amide bonds. The summed E-state index contributed by atoms with van der Waals surface area (Å²) in [7, 11) is 0. The predicted molar refractivity (Wildman–Crippen MR) is 79.4 cm³/mol. The van der Waals surface area contributed by atoms with Crippen LogP contribution in [0, 0.1) is 0 Å². The predicted octanol–water partition coefficient (Wildman–Crippen LogP) is 3.54. The summed E-state index contributed by atoms with van der Waals surface area (Å²) < 4.78 is 1.92. The van der Waals surface area contributed by atoms with E-state index in [-0.39, 0.29) is 0 Å². The van der Waals surface area contributed by atoms with Crippen molar-refractivity contribution in [2.45, 2.75) is 45.7 Å². The third kappa shape index (κ3) is 4.21. The highest BCUT2D eigenvalue weighted by molar-refractivity contribution is 5.30. The number of nitrogens with zero attached hydrogens (tertiary/aromatic N) is 2. The number of hydrogen-bond donors (Lipinski definition) is 1. The normalized spacial score (nSPS) is 12.5. The molecule has 19 heavy (non-hydrogen) atoms. The summed E-state index contributed by atoms with van der Waals surface area (Å²) >= 11 is 0. The van der Waals surface area contributed by atoms with E-state index in [0.717, 1.165) is 12.2 Å². The minimum absolute atomic E-state index is 0.569. The lowest BCUT2D eigenvalue weighted by Gasteiger charge is -2.11. The van der Waals surface area contributed by atoms with Gasteiger partial charge in [-0.05, 0) is 25.5 Å². The first-order chi connectivity index (χ1) is 9.29. The second kappa shape index (κ2) is 7.10. The second-order valence-electron chi connectivity index (χ2n) is 5.05. The van der Waals surface area contributed by atoms with Crippen LogP contribution in [0.2, 0.25) is 0 Å². The van der Waals surface area contributed by atoms with Gasteiger partial charge in [-0.3, -0.25) is 0 Å². The van der Waals surface area contributed by atoms with Crippen molar-refractivity contribution in [1.82, 2.24) is 15.1 Å². The molecule has 0 fully saturated rings. The van der Waals surface area contributed by atoms with E-state index in [2.05, 4.69) is 42.6 Å². The van der Waals surface area contributed by atoms with Gasteiger partial charge < -0.3 is 5.32 Å². The number of para-hydroxylation sites is 1. The zero-order valence-electron chi connectivity index (χ0n) is 11.8. The Bertz CT molecular complexity index is 476. The molecular weight excluding hydrogens is 234 g/mol. The van der Waals surface area contributed by atoms with Crippen molar-refractivity contribution in [3.63, 3.8) is 0 Å². The summed E-state index contributed by atoms with van der Waals surface area (Å²) in [5, 5.41) is 7.95. The molecule has 0 saturated carbocycles. The highest BCUT2D eigenvalue weighted by Crippen LogP contribution is 2.08. The molecule has 3 heteroatoms. The average molecular weight is 257 g/mol. The smallest absolute Gasteiger partial charge is 0.0645 e. The summed E-state index contributed by atoms with van der Waals surface area (Å²) in [6.45, 7) is 5.37. The molecule has 1 aromatic carbocycles. The SMILES string of the molecule is CCCCC(C)NCc1cnn(-c2ccccc2)c1. The molecule has 102 valence electrons. The van der Waals surface area contributed by atoms with E-state index in [4.69, 9.17) is 0 Å². The summed E-state index contributed by atoms with van der Waals surface area (Å²) in [6, 6.07) is 10.8. The molecule has 0 aliphatic rings. The van der Waals surface area contributed by atoms with E-state index >= 15 is 0 Å². The largest absolute Gasteiger partial charge is 0.310 e. The zero-order chi connectivity index (χ0) is 13.5. The maximum Gasteiger partial charge on any atom is 0.0645 e. The van der Waals surface area contributed by atoms with Crippen LogP contribution in [-0.2, 0) is 6.54 Å². The van der Waals surface area contributed by atoms with Crippen molar-refractivity contribution in [3.8, 4) is 5.69 Å². The molecule has 1 aromatic heterocycles. The van der Waals surface area contributed by atoms with Crippen molar-refractivity contribution in [2.24, 2.45) is 0 Å². The van der Waals surface area contributed by atoms with Gasteiger partial charge in [-0.2, -0.15) is 5.10 Å². The minimum Gasteiger partial charge on any atom is -0.310 e. The zero-order valence-corrected chi connectivity index (χ0v) is 11.8. The first kappa shape index (κ1) is 13.8. The molecule has 0 aliphatic heterocycles. The van der Waals surface area contributed by atoms with E-state index in [9.17, 15) is 0 Å². The molecule has 1 atom stereocenters. The Morgan fingerprint density at radius 2 is 2.05 bits per heavy atom. The fourth-order valence-corrected chi connectivity index (χ4v) is 2.08. The van der Waals surface area contributed by atoms with Gasteiger partial charge in [0.2, 0.25) is 0 Å². The van der Waals surface area contributed by atoms with Crippen LogP contribution in [0.25, 0.3) is 5.69 Å². The van der Waals surface area contributed by atoms with Gasteiger partial charge in [0.15, 0.2) is 0 Å². The highest BCUT2D eigenvalue weighted by Gasteiger charge is 2.03. The molecule has 0 saturated heterocycles. The van der Waals surface area contributed by atoms with Crippen LogP contribution in [0.3, 0.4) is 0 Å². The fraction of sp³-hybridized carbons (Fsp3) is 0.438. The number of aromatic nitrogens is 2. The van der Waals surface area contributed by atoms with Gasteiger partial charge in [0.1, 0.15) is 0 Å². The fourth-order valence-electron chi connectivity index (χ4n) is 2.08. The van der Waals surface area contributed by atoms with Gasteiger partial charge in [-0.15, -0.1) is 0 Å².